The summed E-state index contributed by atoms with van der Waals surface area (Å²) < 4.78 is 19.4. The zero-order valence-electron chi connectivity index (χ0n) is 13.3. The minimum absolute atomic E-state index is 0.0295. The minimum atomic E-state index is -0.833. The predicted octanol–water partition coefficient (Wildman–Crippen LogP) is 3.46. The molecule has 1 aromatic heterocycles. The Balaban J connectivity index is 1.71. The highest BCUT2D eigenvalue weighted by Gasteiger charge is 2.15. The normalized spacial score (nSPS) is 10.4. The molecular formula is C17H13BrFN5O2. The molecule has 3 N–H and O–H groups in total. The number of carbonyl (C=O) groups is 1. The summed E-state index contributed by atoms with van der Waals surface area (Å²) in [5, 5.41) is 2.97. The Kier molecular flexibility index (Phi) is 5.37. The molecule has 0 radical (unpaired) electrons. The van der Waals surface area contributed by atoms with E-state index in [-0.39, 0.29) is 29.9 Å². The van der Waals surface area contributed by atoms with Crippen LogP contribution in [-0.2, 0) is 11.3 Å². The lowest BCUT2D eigenvalue weighted by molar-refractivity contribution is 0.0456. The Hall–Kier alpha value is -3.07. The van der Waals surface area contributed by atoms with Crippen LogP contribution in [0.4, 0.5) is 22.0 Å². The summed E-state index contributed by atoms with van der Waals surface area (Å²) in [5.41, 5.74) is 6.24. The molecular weight excluding hydrogens is 405 g/mol. The van der Waals surface area contributed by atoms with Crippen molar-refractivity contribution in [1.82, 2.24) is 15.0 Å². The van der Waals surface area contributed by atoms with Gasteiger partial charge in [0.05, 0.1) is 5.56 Å². The van der Waals surface area contributed by atoms with Crippen LogP contribution in [0.3, 0.4) is 0 Å². The number of esters is 1. The zero-order chi connectivity index (χ0) is 18.5. The maximum atomic E-state index is 13.7. The topological polar surface area (TPSA) is 103 Å². The van der Waals surface area contributed by atoms with Crippen molar-refractivity contribution < 1.29 is 13.9 Å². The first-order valence-electron chi connectivity index (χ1n) is 7.46. The zero-order valence-corrected chi connectivity index (χ0v) is 14.9. The minimum Gasteiger partial charge on any atom is -0.454 e. The lowest BCUT2D eigenvalue weighted by Gasteiger charge is -2.08. The lowest BCUT2D eigenvalue weighted by Crippen LogP contribution is -2.12. The maximum absolute atomic E-state index is 13.7. The first-order chi connectivity index (χ1) is 12.5. The quantitative estimate of drug-likeness (QED) is 0.612. The van der Waals surface area contributed by atoms with E-state index in [9.17, 15) is 9.18 Å². The van der Waals surface area contributed by atoms with Crippen molar-refractivity contribution >= 4 is 39.5 Å². The van der Waals surface area contributed by atoms with Crippen LogP contribution < -0.4 is 11.1 Å². The number of halogens is 2. The molecule has 132 valence electrons. The second kappa shape index (κ2) is 7.87. The molecule has 0 fully saturated rings. The summed E-state index contributed by atoms with van der Waals surface area (Å²) in [4.78, 5) is 24.1. The van der Waals surface area contributed by atoms with E-state index >= 15 is 0 Å². The lowest BCUT2D eigenvalue weighted by atomic mass is 10.2. The number of nitrogen functional groups attached to an aromatic ring is 1. The molecule has 3 aromatic rings. The molecule has 0 aliphatic carbocycles. The fourth-order valence-electron chi connectivity index (χ4n) is 2.07. The van der Waals surface area contributed by atoms with Gasteiger partial charge < -0.3 is 15.8 Å². The van der Waals surface area contributed by atoms with E-state index in [1.165, 1.54) is 18.2 Å². The van der Waals surface area contributed by atoms with Crippen molar-refractivity contribution in [2.75, 3.05) is 11.1 Å². The van der Waals surface area contributed by atoms with Crippen LogP contribution in [0.15, 0.2) is 53.0 Å². The highest BCUT2D eigenvalue weighted by Crippen LogP contribution is 2.17. The molecule has 0 aliphatic heterocycles. The maximum Gasteiger partial charge on any atom is 0.341 e. The van der Waals surface area contributed by atoms with E-state index in [2.05, 4.69) is 36.2 Å². The van der Waals surface area contributed by atoms with Gasteiger partial charge in [0, 0.05) is 10.2 Å². The smallest absolute Gasteiger partial charge is 0.341 e. The number of anilines is 3. The van der Waals surface area contributed by atoms with Gasteiger partial charge in [-0.05, 0) is 30.3 Å². The summed E-state index contributed by atoms with van der Waals surface area (Å²) in [7, 11) is 0. The molecule has 0 atom stereocenters. The molecule has 3 rings (SSSR count). The summed E-state index contributed by atoms with van der Waals surface area (Å²) in [5.74, 6) is -1.19. The van der Waals surface area contributed by atoms with Gasteiger partial charge in [-0.2, -0.15) is 15.0 Å². The van der Waals surface area contributed by atoms with Gasteiger partial charge >= 0.3 is 5.97 Å². The van der Waals surface area contributed by atoms with Crippen molar-refractivity contribution in [3.63, 3.8) is 0 Å². The monoisotopic (exact) mass is 417 g/mol. The van der Waals surface area contributed by atoms with E-state index in [0.29, 0.717) is 4.47 Å². The molecule has 0 aliphatic rings. The number of rotatable bonds is 5. The van der Waals surface area contributed by atoms with Crippen molar-refractivity contribution in [1.29, 1.82) is 0 Å². The number of aromatic nitrogens is 3. The molecule has 0 unspecified atom stereocenters. The number of para-hydroxylation sites is 1. The van der Waals surface area contributed by atoms with Crippen LogP contribution in [0, 0.1) is 5.82 Å². The van der Waals surface area contributed by atoms with Gasteiger partial charge in [-0.25, -0.2) is 9.18 Å². The van der Waals surface area contributed by atoms with Crippen LogP contribution >= 0.6 is 15.9 Å². The number of nitrogens with one attached hydrogen (secondary N) is 1. The molecule has 9 heteroatoms. The third kappa shape index (κ3) is 4.51. The van der Waals surface area contributed by atoms with E-state index < -0.39 is 11.8 Å². The van der Waals surface area contributed by atoms with Crippen LogP contribution in [-0.4, -0.2) is 20.9 Å². The summed E-state index contributed by atoms with van der Waals surface area (Å²) in [6.45, 7) is -0.277. The number of carbonyl (C=O) groups excluding carboxylic acids is 1. The summed E-state index contributed by atoms with van der Waals surface area (Å²) >= 11 is 3.18. The molecule has 0 saturated heterocycles. The second-order valence-corrected chi connectivity index (χ2v) is 6.04. The van der Waals surface area contributed by atoms with E-state index in [4.69, 9.17) is 10.5 Å². The van der Waals surface area contributed by atoms with Crippen molar-refractivity contribution in [3.8, 4) is 0 Å². The standard InChI is InChI=1S/C17H13BrFN5O2/c18-10-6-7-13(19)12(8-10)15(25)26-9-14-22-16(20)24-17(23-14)21-11-4-2-1-3-5-11/h1-8H,9H2,(H3,20,21,22,23,24). The Morgan fingerprint density at radius 1 is 1.15 bits per heavy atom. The molecule has 0 spiro atoms. The van der Waals surface area contributed by atoms with Crippen LogP contribution in [0.2, 0.25) is 0 Å². The van der Waals surface area contributed by atoms with E-state index in [1.54, 1.807) is 0 Å². The fraction of sp³-hybridized carbons (Fsp3) is 0.0588. The SMILES string of the molecule is Nc1nc(COC(=O)c2cc(Br)ccc2F)nc(Nc2ccccc2)n1. The first kappa shape index (κ1) is 17.7. The third-order valence-electron chi connectivity index (χ3n) is 3.21. The molecule has 0 bridgehead atoms. The Bertz CT molecular complexity index is 940. The molecule has 26 heavy (non-hydrogen) atoms. The highest BCUT2D eigenvalue weighted by molar-refractivity contribution is 9.10. The number of hydrogen-bond donors (Lipinski definition) is 2. The first-order valence-corrected chi connectivity index (χ1v) is 8.25. The predicted molar refractivity (Wildman–Crippen MR) is 97.2 cm³/mol. The Morgan fingerprint density at radius 2 is 1.92 bits per heavy atom. The number of ether oxygens (including phenoxy) is 1. The van der Waals surface area contributed by atoms with Gasteiger partial charge in [-0.1, -0.05) is 34.1 Å². The van der Waals surface area contributed by atoms with Crippen molar-refractivity contribution in [2.24, 2.45) is 0 Å². The van der Waals surface area contributed by atoms with Gasteiger partial charge in [0.25, 0.3) is 0 Å². The third-order valence-corrected chi connectivity index (χ3v) is 3.70. The Morgan fingerprint density at radius 3 is 2.69 bits per heavy atom. The number of benzene rings is 2. The number of nitrogens with zero attached hydrogens (tertiary/aromatic N) is 3. The molecule has 0 saturated carbocycles. The highest BCUT2D eigenvalue weighted by atomic mass is 79.9. The molecule has 1 heterocycles. The average molecular weight is 418 g/mol. The summed E-state index contributed by atoms with van der Waals surface area (Å²) in [6.07, 6.45) is 0. The molecule has 0 amide bonds. The van der Waals surface area contributed by atoms with E-state index in [0.717, 1.165) is 5.69 Å². The second-order valence-electron chi connectivity index (χ2n) is 5.12. The van der Waals surface area contributed by atoms with Gasteiger partial charge in [0.15, 0.2) is 12.4 Å². The van der Waals surface area contributed by atoms with Gasteiger partial charge in [0.1, 0.15) is 5.82 Å². The number of nitrogens with two attached hydrogens (primary N) is 1. The van der Waals surface area contributed by atoms with Crippen LogP contribution in [0.1, 0.15) is 16.2 Å². The Labute approximate surface area is 156 Å². The van der Waals surface area contributed by atoms with Crippen LogP contribution in [0.5, 0.6) is 0 Å². The molecule has 7 nitrogen and oxygen atoms in total. The van der Waals surface area contributed by atoms with Gasteiger partial charge in [-0.3, -0.25) is 0 Å². The summed E-state index contributed by atoms with van der Waals surface area (Å²) in [6, 6.07) is 13.2. The van der Waals surface area contributed by atoms with Gasteiger partial charge in [-0.15, -0.1) is 0 Å². The van der Waals surface area contributed by atoms with Crippen LogP contribution in [0.25, 0.3) is 0 Å². The van der Waals surface area contributed by atoms with Crippen molar-refractivity contribution in [2.45, 2.75) is 6.61 Å². The fourth-order valence-corrected chi connectivity index (χ4v) is 2.43. The van der Waals surface area contributed by atoms with Crippen molar-refractivity contribution in [3.05, 3.63) is 70.2 Å². The van der Waals surface area contributed by atoms with E-state index in [1.807, 2.05) is 30.3 Å². The number of hydrogen-bond acceptors (Lipinski definition) is 7. The van der Waals surface area contributed by atoms with Gasteiger partial charge in [0.2, 0.25) is 11.9 Å². The molecule has 2 aromatic carbocycles. The average Bonchev–Trinajstić information content (AvgIpc) is 2.62. The largest absolute Gasteiger partial charge is 0.454 e.